The molecular formula is C40H31N3O2. The minimum Gasteiger partial charge on any atom is -0.456 e. The van der Waals surface area contributed by atoms with Gasteiger partial charge in [-0.2, -0.15) is 0 Å². The molecular weight excluding hydrogens is 554 g/mol. The first-order valence-corrected chi connectivity index (χ1v) is 15.1. The van der Waals surface area contributed by atoms with Gasteiger partial charge in [-0.3, -0.25) is 5.01 Å². The maximum Gasteiger partial charge on any atom is 0.137 e. The predicted molar refractivity (Wildman–Crippen MR) is 184 cm³/mol. The normalized spacial score (nSPS) is 15.6. The van der Waals surface area contributed by atoms with E-state index in [-0.39, 0.29) is 0 Å². The SMILES string of the molecule is C=C1/C=C\CNN(c2ccc3c(c2)Oc2ccccc2-c2ccccc2Oc2cc(C4=CC=CNC4)ccc2-3)c2ccccc21. The highest BCUT2D eigenvalue weighted by molar-refractivity contribution is 5.87. The van der Waals surface area contributed by atoms with Crippen molar-refractivity contribution in [3.63, 3.8) is 0 Å². The van der Waals surface area contributed by atoms with E-state index in [0.717, 1.165) is 79.9 Å². The monoisotopic (exact) mass is 585 g/mol. The number of nitrogens with zero attached hydrogens (tertiary/aromatic N) is 1. The van der Waals surface area contributed by atoms with Crippen LogP contribution in [0, 0.1) is 0 Å². The molecule has 45 heavy (non-hydrogen) atoms. The van der Waals surface area contributed by atoms with Gasteiger partial charge in [-0.05, 0) is 71.5 Å². The highest BCUT2D eigenvalue weighted by Crippen LogP contribution is 2.48. The fourth-order valence-electron chi connectivity index (χ4n) is 6.13. The molecule has 0 aromatic heterocycles. The molecule has 3 heterocycles. The van der Waals surface area contributed by atoms with E-state index in [1.54, 1.807) is 0 Å². The fraction of sp³-hybridized carbons (Fsp3) is 0.0500. The molecule has 0 saturated heterocycles. The zero-order chi connectivity index (χ0) is 30.2. The molecule has 5 aromatic carbocycles. The van der Waals surface area contributed by atoms with Gasteiger partial charge in [-0.1, -0.05) is 85.5 Å². The van der Waals surface area contributed by atoms with Gasteiger partial charge < -0.3 is 14.8 Å². The van der Waals surface area contributed by atoms with Gasteiger partial charge in [0, 0.05) is 47.0 Å². The summed E-state index contributed by atoms with van der Waals surface area (Å²) in [6.45, 7) is 5.73. The third-order valence-electron chi connectivity index (χ3n) is 8.35. The largest absolute Gasteiger partial charge is 0.456 e. The number of hydrogen-bond acceptors (Lipinski definition) is 5. The Morgan fingerprint density at radius 1 is 0.644 bits per heavy atom. The molecule has 3 aliphatic rings. The van der Waals surface area contributed by atoms with E-state index in [9.17, 15) is 0 Å². The molecule has 0 bridgehead atoms. The van der Waals surface area contributed by atoms with Crippen LogP contribution in [0.25, 0.3) is 33.4 Å². The first kappa shape index (κ1) is 26.8. The Morgan fingerprint density at radius 2 is 1.29 bits per heavy atom. The van der Waals surface area contributed by atoms with Crippen LogP contribution in [0.2, 0.25) is 0 Å². The van der Waals surface area contributed by atoms with Crippen molar-refractivity contribution in [3.8, 4) is 45.3 Å². The number of rotatable bonds is 2. The van der Waals surface area contributed by atoms with Crippen LogP contribution < -0.4 is 25.2 Å². The topological polar surface area (TPSA) is 45.8 Å². The van der Waals surface area contributed by atoms with Gasteiger partial charge in [0.2, 0.25) is 0 Å². The van der Waals surface area contributed by atoms with Gasteiger partial charge in [0.25, 0.3) is 0 Å². The lowest BCUT2D eigenvalue weighted by atomic mass is 9.96. The second-order valence-corrected chi connectivity index (χ2v) is 11.2. The lowest BCUT2D eigenvalue weighted by Crippen LogP contribution is -2.35. The zero-order valence-electron chi connectivity index (χ0n) is 24.7. The molecule has 0 aliphatic carbocycles. The highest BCUT2D eigenvalue weighted by Gasteiger charge is 2.23. The summed E-state index contributed by atoms with van der Waals surface area (Å²) in [5.41, 5.74) is 13.7. The summed E-state index contributed by atoms with van der Waals surface area (Å²) in [5, 5.41) is 5.44. The van der Waals surface area contributed by atoms with Gasteiger partial charge in [-0.25, -0.2) is 5.43 Å². The lowest BCUT2D eigenvalue weighted by molar-refractivity contribution is 0.472. The maximum atomic E-state index is 6.90. The van der Waals surface area contributed by atoms with Crippen LogP contribution in [0.4, 0.5) is 11.4 Å². The maximum absolute atomic E-state index is 6.90. The second kappa shape index (κ2) is 11.4. The van der Waals surface area contributed by atoms with Gasteiger partial charge in [0.15, 0.2) is 0 Å². The first-order chi connectivity index (χ1) is 22.2. The molecule has 218 valence electrons. The Bertz CT molecular complexity index is 2060. The Morgan fingerprint density at radius 3 is 2.02 bits per heavy atom. The number of allylic oxidation sites excluding steroid dienone is 4. The molecule has 0 atom stereocenters. The van der Waals surface area contributed by atoms with E-state index in [4.69, 9.17) is 9.47 Å². The summed E-state index contributed by atoms with van der Waals surface area (Å²) in [6, 6.07) is 37.4. The molecule has 0 saturated carbocycles. The van der Waals surface area contributed by atoms with Crippen molar-refractivity contribution in [2.75, 3.05) is 18.1 Å². The number of ether oxygens (including phenoxy) is 2. The Hall–Kier alpha value is -5.78. The predicted octanol–water partition coefficient (Wildman–Crippen LogP) is 9.64. The summed E-state index contributed by atoms with van der Waals surface area (Å²) < 4.78 is 13.7. The average molecular weight is 586 g/mol. The van der Waals surface area contributed by atoms with E-state index in [1.807, 2.05) is 54.7 Å². The van der Waals surface area contributed by atoms with E-state index in [1.165, 1.54) is 5.57 Å². The summed E-state index contributed by atoms with van der Waals surface area (Å²) in [7, 11) is 0. The molecule has 5 nitrogen and oxygen atoms in total. The fourth-order valence-corrected chi connectivity index (χ4v) is 6.13. The Balaban J connectivity index is 1.33. The number of benzene rings is 5. The van der Waals surface area contributed by atoms with Crippen molar-refractivity contribution in [2.45, 2.75) is 0 Å². The Kier molecular flexibility index (Phi) is 6.78. The van der Waals surface area contributed by atoms with Crippen LogP contribution in [-0.2, 0) is 0 Å². The van der Waals surface area contributed by atoms with Gasteiger partial charge in [-0.15, -0.1) is 0 Å². The van der Waals surface area contributed by atoms with Crippen molar-refractivity contribution in [1.82, 2.24) is 10.7 Å². The lowest BCUT2D eigenvalue weighted by Gasteiger charge is -2.30. The quantitative estimate of drug-likeness (QED) is 0.212. The number of dihydropyridines is 1. The first-order valence-electron chi connectivity index (χ1n) is 15.1. The Labute approximate surface area is 263 Å². The van der Waals surface area contributed by atoms with Gasteiger partial charge >= 0.3 is 0 Å². The molecule has 8 rings (SSSR count). The third kappa shape index (κ3) is 4.99. The molecule has 0 fully saturated rings. The molecule has 0 radical (unpaired) electrons. The van der Waals surface area contributed by atoms with Crippen LogP contribution in [0.5, 0.6) is 23.0 Å². The number of nitrogens with one attached hydrogen (secondary N) is 2. The van der Waals surface area contributed by atoms with Crippen molar-refractivity contribution in [3.05, 3.63) is 157 Å². The number of hydrogen-bond donors (Lipinski definition) is 2. The van der Waals surface area contributed by atoms with Crippen molar-refractivity contribution >= 4 is 22.5 Å². The highest BCUT2D eigenvalue weighted by atomic mass is 16.5. The minimum absolute atomic E-state index is 0.657. The van der Waals surface area contributed by atoms with Crippen LogP contribution in [0.15, 0.2) is 146 Å². The van der Waals surface area contributed by atoms with Crippen LogP contribution in [0.3, 0.4) is 0 Å². The van der Waals surface area contributed by atoms with Crippen molar-refractivity contribution in [1.29, 1.82) is 0 Å². The summed E-state index contributed by atoms with van der Waals surface area (Å²) >= 11 is 0. The molecule has 0 unspecified atom stereocenters. The zero-order valence-corrected chi connectivity index (χ0v) is 24.7. The van der Waals surface area contributed by atoms with Gasteiger partial charge in [0.1, 0.15) is 23.0 Å². The van der Waals surface area contributed by atoms with Crippen LogP contribution in [0.1, 0.15) is 11.1 Å². The van der Waals surface area contributed by atoms with E-state index >= 15 is 0 Å². The van der Waals surface area contributed by atoms with Crippen LogP contribution in [-0.4, -0.2) is 13.1 Å². The molecule has 5 heteroatoms. The number of para-hydroxylation sites is 3. The van der Waals surface area contributed by atoms with Crippen molar-refractivity contribution < 1.29 is 9.47 Å². The number of anilines is 2. The average Bonchev–Trinajstić information content (AvgIpc) is 3.08. The second-order valence-electron chi connectivity index (χ2n) is 11.2. The smallest absolute Gasteiger partial charge is 0.137 e. The number of fused-ring (bicyclic) bond motifs is 7. The van der Waals surface area contributed by atoms with E-state index < -0.39 is 0 Å². The molecule has 5 aromatic rings. The molecule has 0 spiro atoms. The summed E-state index contributed by atoms with van der Waals surface area (Å²) in [6.07, 6.45) is 10.3. The molecule has 2 N–H and O–H groups in total. The van der Waals surface area contributed by atoms with Crippen molar-refractivity contribution in [2.24, 2.45) is 0 Å². The van der Waals surface area contributed by atoms with Crippen LogP contribution >= 0.6 is 0 Å². The van der Waals surface area contributed by atoms with E-state index in [0.29, 0.717) is 6.54 Å². The van der Waals surface area contributed by atoms with Gasteiger partial charge in [0.05, 0.1) is 11.4 Å². The third-order valence-corrected chi connectivity index (χ3v) is 8.35. The molecule has 0 amide bonds. The van der Waals surface area contributed by atoms with E-state index in [2.05, 4.69) is 107 Å². The standard InChI is InChI=1S/C40H31N3O2/c1-27-10-8-23-42-43(36-15-5-2-12-31(27)36)30-19-21-35-34-20-18-28(29-11-9-22-41-26-29)24-39(34)44-37-16-6-3-13-32(37)33-14-4-7-17-38(33)45-40(35)25-30/h2-22,24-25,41-42H,1,23,26H2/b10-8-. The molecule has 3 aliphatic heterocycles. The summed E-state index contributed by atoms with van der Waals surface area (Å²) in [5.74, 6) is 3.03. The number of hydrazine groups is 1. The minimum atomic E-state index is 0.657. The summed E-state index contributed by atoms with van der Waals surface area (Å²) in [4.78, 5) is 0.